The molecule has 1 fully saturated rings. The Morgan fingerprint density at radius 1 is 1.06 bits per heavy atom. The summed E-state index contributed by atoms with van der Waals surface area (Å²) in [5.41, 5.74) is 0. The van der Waals surface area contributed by atoms with Gasteiger partial charge in [0.05, 0.1) is 0 Å². The van der Waals surface area contributed by atoms with Crippen LogP contribution in [0.4, 0.5) is 0 Å². The molecular weight excluding hydrogens is 194 g/mol. The van der Waals surface area contributed by atoms with Gasteiger partial charge in [-0.25, -0.2) is 0 Å². The van der Waals surface area contributed by atoms with E-state index in [4.69, 9.17) is 0 Å². The number of hydrogen-bond donors (Lipinski definition) is 1. The van der Waals surface area contributed by atoms with E-state index in [0.717, 1.165) is 17.9 Å². The van der Waals surface area contributed by atoms with Crippen LogP contribution in [0.25, 0.3) is 0 Å². The summed E-state index contributed by atoms with van der Waals surface area (Å²) in [6.45, 7) is 4.61. The maximum absolute atomic E-state index is 3.53. The van der Waals surface area contributed by atoms with Crippen LogP contribution in [0.15, 0.2) is 0 Å². The van der Waals surface area contributed by atoms with Gasteiger partial charge in [0, 0.05) is 6.04 Å². The van der Waals surface area contributed by atoms with Crippen molar-refractivity contribution in [2.75, 3.05) is 7.05 Å². The van der Waals surface area contributed by atoms with Crippen molar-refractivity contribution in [1.29, 1.82) is 0 Å². The molecule has 96 valence electrons. The normalized spacial score (nSPS) is 27.9. The molecule has 0 saturated heterocycles. The Kier molecular flexibility index (Phi) is 7.11. The lowest BCUT2D eigenvalue weighted by molar-refractivity contribution is 0.210. The van der Waals surface area contributed by atoms with Gasteiger partial charge in [0.25, 0.3) is 0 Å². The van der Waals surface area contributed by atoms with Crippen molar-refractivity contribution in [3.05, 3.63) is 0 Å². The lowest BCUT2D eigenvalue weighted by Crippen LogP contribution is -2.35. The van der Waals surface area contributed by atoms with Crippen LogP contribution in [0.3, 0.4) is 0 Å². The van der Waals surface area contributed by atoms with Gasteiger partial charge in [0.1, 0.15) is 0 Å². The van der Waals surface area contributed by atoms with Crippen molar-refractivity contribution in [3.8, 4) is 0 Å². The molecule has 1 atom stereocenters. The SMILES string of the molecule is CCCCC1CCC(C(CCC)NC)CC1. The second-order valence-corrected chi connectivity index (χ2v) is 5.61. The first kappa shape index (κ1) is 14.0. The fourth-order valence-corrected chi connectivity index (χ4v) is 3.30. The number of nitrogens with one attached hydrogen (secondary N) is 1. The summed E-state index contributed by atoms with van der Waals surface area (Å²) < 4.78 is 0. The highest BCUT2D eigenvalue weighted by Gasteiger charge is 2.25. The molecule has 1 rings (SSSR count). The summed E-state index contributed by atoms with van der Waals surface area (Å²) >= 11 is 0. The average Bonchev–Trinajstić information content (AvgIpc) is 2.34. The molecule has 0 aromatic heterocycles. The molecule has 1 aliphatic rings. The first-order valence-corrected chi connectivity index (χ1v) is 7.49. The molecule has 1 unspecified atom stereocenters. The topological polar surface area (TPSA) is 12.0 Å². The third kappa shape index (κ3) is 4.45. The van der Waals surface area contributed by atoms with Crippen LogP contribution < -0.4 is 5.32 Å². The van der Waals surface area contributed by atoms with Crippen LogP contribution in [0.5, 0.6) is 0 Å². The highest BCUT2D eigenvalue weighted by molar-refractivity contribution is 4.80. The van der Waals surface area contributed by atoms with Crippen LogP contribution in [0.2, 0.25) is 0 Å². The molecule has 0 spiro atoms. The van der Waals surface area contributed by atoms with Gasteiger partial charge in [-0.05, 0) is 38.1 Å². The lowest BCUT2D eigenvalue weighted by atomic mass is 9.76. The van der Waals surface area contributed by atoms with E-state index in [-0.39, 0.29) is 0 Å². The van der Waals surface area contributed by atoms with E-state index in [9.17, 15) is 0 Å². The molecule has 0 radical (unpaired) electrons. The quantitative estimate of drug-likeness (QED) is 0.678. The maximum Gasteiger partial charge on any atom is 0.00922 e. The predicted molar refractivity (Wildman–Crippen MR) is 72.7 cm³/mol. The smallest absolute Gasteiger partial charge is 0.00922 e. The Morgan fingerprint density at radius 3 is 2.25 bits per heavy atom. The fraction of sp³-hybridized carbons (Fsp3) is 1.00. The molecule has 0 amide bonds. The first-order valence-electron chi connectivity index (χ1n) is 7.49. The molecule has 1 nitrogen and oxygen atoms in total. The predicted octanol–water partition coefficient (Wildman–Crippen LogP) is 4.37. The molecular formula is C15H31N. The number of rotatable bonds is 7. The number of hydrogen-bond acceptors (Lipinski definition) is 1. The standard InChI is InChI=1S/C15H31N/c1-4-6-8-13-9-11-14(12-10-13)15(16-3)7-5-2/h13-16H,4-12H2,1-3H3. The summed E-state index contributed by atoms with van der Waals surface area (Å²) in [7, 11) is 2.14. The fourth-order valence-electron chi connectivity index (χ4n) is 3.30. The molecule has 0 heterocycles. The first-order chi connectivity index (χ1) is 7.81. The maximum atomic E-state index is 3.53. The third-order valence-electron chi connectivity index (χ3n) is 4.40. The Bertz CT molecular complexity index is 159. The van der Waals surface area contributed by atoms with Gasteiger partial charge >= 0.3 is 0 Å². The Hall–Kier alpha value is -0.0400. The third-order valence-corrected chi connectivity index (χ3v) is 4.40. The van der Waals surface area contributed by atoms with Crippen LogP contribution >= 0.6 is 0 Å². The Balaban J connectivity index is 2.24. The van der Waals surface area contributed by atoms with Gasteiger partial charge in [-0.3, -0.25) is 0 Å². The average molecular weight is 225 g/mol. The molecule has 0 bridgehead atoms. The second-order valence-electron chi connectivity index (χ2n) is 5.61. The van der Waals surface area contributed by atoms with Crippen molar-refractivity contribution in [1.82, 2.24) is 5.32 Å². The van der Waals surface area contributed by atoms with E-state index in [1.165, 1.54) is 57.8 Å². The zero-order valence-electron chi connectivity index (χ0n) is 11.6. The second kappa shape index (κ2) is 8.11. The van der Waals surface area contributed by atoms with E-state index in [1.54, 1.807) is 0 Å². The van der Waals surface area contributed by atoms with Gasteiger partial charge in [0.15, 0.2) is 0 Å². The summed E-state index contributed by atoms with van der Waals surface area (Å²) in [5, 5.41) is 3.53. The zero-order chi connectivity index (χ0) is 11.8. The number of unbranched alkanes of at least 4 members (excludes halogenated alkanes) is 1. The Morgan fingerprint density at radius 2 is 1.75 bits per heavy atom. The monoisotopic (exact) mass is 225 g/mol. The van der Waals surface area contributed by atoms with E-state index >= 15 is 0 Å². The molecule has 0 aliphatic heterocycles. The van der Waals surface area contributed by atoms with Crippen LogP contribution in [-0.2, 0) is 0 Å². The summed E-state index contributed by atoms with van der Waals surface area (Å²) in [4.78, 5) is 0. The van der Waals surface area contributed by atoms with Gasteiger partial charge in [0.2, 0.25) is 0 Å². The van der Waals surface area contributed by atoms with Crippen LogP contribution in [0, 0.1) is 11.8 Å². The lowest BCUT2D eigenvalue weighted by Gasteiger charge is -2.33. The van der Waals surface area contributed by atoms with Crippen molar-refractivity contribution in [3.63, 3.8) is 0 Å². The van der Waals surface area contributed by atoms with Crippen LogP contribution in [0.1, 0.15) is 71.6 Å². The summed E-state index contributed by atoms with van der Waals surface area (Å²) in [6, 6.07) is 0.789. The molecule has 1 aliphatic carbocycles. The van der Waals surface area contributed by atoms with Crippen molar-refractivity contribution in [2.45, 2.75) is 77.7 Å². The summed E-state index contributed by atoms with van der Waals surface area (Å²) in [6.07, 6.45) is 12.9. The van der Waals surface area contributed by atoms with Crippen molar-refractivity contribution in [2.24, 2.45) is 11.8 Å². The van der Waals surface area contributed by atoms with E-state index < -0.39 is 0 Å². The highest BCUT2D eigenvalue weighted by atomic mass is 14.9. The van der Waals surface area contributed by atoms with Crippen molar-refractivity contribution < 1.29 is 0 Å². The zero-order valence-corrected chi connectivity index (χ0v) is 11.6. The minimum absolute atomic E-state index is 0.789. The summed E-state index contributed by atoms with van der Waals surface area (Å²) in [5.74, 6) is 2.01. The van der Waals surface area contributed by atoms with E-state index in [2.05, 4.69) is 26.2 Å². The van der Waals surface area contributed by atoms with Gasteiger partial charge < -0.3 is 5.32 Å². The van der Waals surface area contributed by atoms with Crippen LogP contribution in [-0.4, -0.2) is 13.1 Å². The minimum Gasteiger partial charge on any atom is -0.317 e. The van der Waals surface area contributed by atoms with Crippen molar-refractivity contribution >= 4 is 0 Å². The minimum atomic E-state index is 0.789. The molecule has 0 aromatic rings. The molecule has 16 heavy (non-hydrogen) atoms. The highest BCUT2D eigenvalue weighted by Crippen LogP contribution is 2.34. The van der Waals surface area contributed by atoms with Gasteiger partial charge in [-0.2, -0.15) is 0 Å². The molecule has 1 saturated carbocycles. The molecule has 1 N–H and O–H groups in total. The van der Waals surface area contributed by atoms with E-state index in [1.807, 2.05) is 0 Å². The van der Waals surface area contributed by atoms with Gasteiger partial charge in [-0.15, -0.1) is 0 Å². The molecule has 1 heteroatoms. The van der Waals surface area contributed by atoms with E-state index in [0.29, 0.717) is 0 Å². The molecule has 0 aromatic carbocycles. The van der Waals surface area contributed by atoms with Gasteiger partial charge in [-0.1, -0.05) is 52.4 Å². The largest absolute Gasteiger partial charge is 0.317 e. The Labute approximate surface area is 102 Å².